The molecule has 0 heterocycles. The number of benzene rings is 2. The summed E-state index contributed by atoms with van der Waals surface area (Å²) in [4.78, 5) is 0. The van der Waals surface area contributed by atoms with Crippen molar-refractivity contribution in [3.05, 3.63) is 42.0 Å². The van der Waals surface area contributed by atoms with Crippen LogP contribution in [0.3, 0.4) is 0 Å². The van der Waals surface area contributed by atoms with Crippen molar-refractivity contribution in [1.82, 2.24) is 0 Å². The molecule has 0 N–H and O–H groups in total. The molecule has 1 nitrogen and oxygen atoms in total. The summed E-state index contributed by atoms with van der Waals surface area (Å²) >= 11 is 5.57. The molecule has 0 spiro atoms. The van der Waals surface area contributed by atoms with Gasteiger partial charge >= 0.3 is 0 Å². The molecule has 0 aromatic heterocycles. The molecule has 0 aliphatic carbocycles. The largest absolute Gasteiger partial charge is 0.492 e. The maximum Gasteiger partial charge on any atom is 0.119 e. The van der Waals surface area contributed by atoms with Crippen LogP contribution in [-0.2, 0) is 0 Å². The van der Waals surface area contributed by atoms with E-state index in [2.05, 4.69) is 31.2 Å². The molecule has 0 aliphatic heterocycles. The van der Waals surface area contributed by atoms with Gasteiger partial charge in [-0.05, 0) is 29.8 Å². The fourth-order valence-corrected chi connectivity index (χ4v) is 1.67. The number of alkyl halides is 1. The van der Waals surface area contributed by atoms with Crippen molar-refractivity contribution < 1.29 is 4.74 Å². The highest BCUT2D eigenvalue weighted by atomic mass is 35.5. The smallest absolute Gasteiger partial charge is 0.119 e. The minimum Gasteiger partial charge on any atom is -0.492 e. The van der Waals surface area contributed by atoms with Crippen molar-refractivity contribution in [3.63, 3.8) is 0 Å². The van der Waals surface area contributed by atoms with Crippen molar-refractivity contribution in [3.8, 4) is 5.75 Å². The first-order valence-corrected chi connectivity index (χ1v) is 5.52. The standard InChI is InChI=1S/C13H13ClO/c1-10-2-3-12-9-13(15-7-6-14)5-4-11(12)8-10/h2-5,8-9H,6-7H2,1H3. The lowest BCUT2D eigenvalue weighted by atomic mass is 10.1. The Morgan fingerprint density at radius 2 is 1.80 bits per heavy atom. The third kappa shape index (κ3) is 2.42. The Morgan fingerprint density at radius 3 is 2.60 bits per heavy atom. The highest BCUT2D eigenvalue weighted by molar-refractivity contribution is 6.18. The van der Waals surface area contributed by atoms with Gasteiger partial charge in [-0.2, -0.15) is 0 Å². The predicted octanol–water partition coefficient (Wildman–Crippen LogP) is 3.77. The van der Waals surface area contributed by atoms with E-state index in [9.17, 15) is 0 Å². The molecule has 0 saturated carbocycles. The van der Waals surface area contributed by atoms with Crippen molar-refractivity contribution >= 4 is 22.4 Å². The number of halogens is 1. The monoisotopic (exact) mass is 220 g/mol. The molecule has 0 fully saturated rings. The SMILES string of the molecule is Cc1ccc2cc(OCCCl)ccc2c1. The highest BCUT2D eigenvalue weighted by Gasteiger charge is 1.97. The van der Waals surface area contributed by atoms with E-state index in [-0.39, 0.29) is 0 Å². The van der Waals surface area contributed by atoms with Crippen LogP contribution in [0.5, 0.6) is 5.75 Å². The molecule has 2 aromatic rings. The molecule has 0 atom stereocenters. The molecule has 2 rings (SSSR count). The van der Waals surface area contributed by atoms with Crippen LogP contribution < -0.4 is 4.74 Å². The summed E-state index contributed by atoms with van der Waals surface area (Å²) in [5, 5.41) is 2.45. The summed E-state index contributed by atoms with van der Waals surface area (Å²) in [5.41, 5.74) is 1.27. The summed E-state index contributed by atoms with van der Waals surface area (Å²) in [6.45, 7) is 2.65. The van der Waals surface area contributed by atoms with Gasteiger partial charge in [0.05, 0.1) is 5.88 Å². The van der Waals surface area contributed by atoms with Crippen LogP contribution in [0, 0.1) is 6.92 Å². The van der Waals surface area contributed by atoms with Crippen LogP contribution in [0.2, 0.25) is 0 Å². The Kier molecular flexibility index (Phi) is 3.12. The van der Waals surface area contributed by atoms with Gasteiger partial charge < -0.3 is 4.74 Å². The van der Waals surface area contributed by atoms with Gasteiger partial charge in [0.2, 0.25) is 0 Å². The molecular formula is C13H13ClO. The van der Waals surface area contributed by atoms with Gasteiger partial charge in [-0.3, -0.25) is 0 Å². The second kappa shape index (κ2) is 4.54. The number of hydrogen-bond donors (Lipinski definition) is 0. The second-order valence-corrected chi connectivity index (χ2v) is 3.93. The highest BCUT2D eigenvalue weighted by Crippen LogP contribution is 2.21. The Morgan fingerprint density at radius 1 is 1.07 bits per heavy atom. The van der Waals surface area contributed by atoms with Crippen molar-refractivity contribution in [1.29, 1.82) is 0 Å². The van der Waals surface area contributed by atoms with Crippen LogP contribution in [0.25, 0.3) is 10.8 Å². The minimum atomic E-state index is 0.520. The van der Waals surface area contributed by atoms with Gasteiger partial charge in [-0.1, -0.05) is 29.8 Å². The van der Waals surface area contributed by atoms with Gasteiger partial charge in [-0.25, -0.2) is 0 Å². The van der Waals surface area contributed by atoms with E-state index in [1.54, 1.807) is 0 Å². The van der Waals surface area contributed by atoms with E-state index < -0.39 is 0 Å². The van der Waals surface area contributed by atoms with E-state index in [1.807, 2.05) is 12.1 Å². The quantitative estimate of drug-likeness (QED) is 0.716. The molecule has 0 radical (unpaired) electrons. The number of hydrogen-bond acceptors (Lipinski definition) is 1. The van der Waals surface area contributed by atoms with Crippen molar-refractivity contribution in [2.45, 2.75) is 6.92 Å². The van der Waals surface area contributed by atoms with E-state index in [0.29, 0.717) is 12.5 Å². The molecule has 0 aliphatic rings. The van der Waals surface area contributed by atoms with Crippen LogP contribution in [0.1, 0.15) is 5.56 Å². The van der Waals surface area contributed by atoms with Gasteiger partial charge in [0, 0.05) is 0 Å². The predicted molar refractivity (Wildman–Crippen MR) is 64.9 cm³/mol. The van der Waals surface area contributed by atoms with Gasteiger partial charge in [0.1, 0.15) is 12.4 Å². The van der Waals surface area contributed by atoms with E-state index in [1.165, 1.54) is 16.3 Å². The van der Waals surface area contributed by atoms with E-state index in [0.717, 1.165) is 5.75 Å². The van der Waals surface area contributed by atoms with E-state index >= 15 is 0 Å². The lowest BCUT2D eigenvalue weighted by molar-refractivity contribution is 0.343. The van der Waals surface area contributed by atoms with Crippen LogP contribution in [0.15, 0.2) is 36.4 Å². The first-order chi connectivity index (χ1) is 7.29. The zero-order chi connectivity index (χ0) is 10.7. The molecular weight excluding hydrogens is 208 g/mol. The lowest BCUT2D eigenvalue weighted by Gasteiger charge is -2.05. The Balaban J connectivity index is 2.34. The topological polar surface area (TPSA) is 9.23 Å². The molecule has 0 amide bonds. The van der Waals surface area contributed by atoms with Crippen LogP contribution >= 0.6 is 11.6 Å². The number of ether oxygens (including phenoxy) is 1. The zero-order valence-electron chi connectivity index (χ0n) is 8.66. The first kappa shape index (κ1) is 10.3. The fourth-order valence-electron chi connectivity index (χ4n) is 1.59. The zero-order valence-corrected chi connectivity index (χ0v) is 9.42. The van der Waals surface area contributed by atoms with Crippen LogP contribution in [-0.4, -0.2) is 12.5 Å². The summed E-state index contributed by atoms with van der Waals surface area (Å²) in [7, 11) is 0. The molecule has 15 heavy (non-hydrogen) atoms. The summed E-state index contributed by atoms with van der Waals surface area (Å²) in [5.74, 6) is 1.40. The van der Waals surface area contributed by atoms with Gasteiger partial charge in [0.25, 0.3) is 0 Å². The number of rotatable bonds is 3. The Hall–Kier alpha value is -1.21. The average molecular weight is 221 g/mol. The Labute approximate surface area is 94.6 Å². The Bertz CT molecular complexity index is 465. The van der Waals surface area contributed by atoms with E-state index in [4.69, 9.17) is 16.3 Å². The molecule has 78 valence electrons. The fraction of sp³-hybridized carbons (Fsp3) is 0.231. The molecule has 0 bridgehead atoms. The summed E-state index contributed by atoms with van der Waals surface area (Å²) in [6, 6.07) is 12.5. The first-order valence-electron chi connectivity index (χ1n) is 4.99. The molecule has 2 aromatic carbocycles. The number of aryl methyl sites for hydroxylation is 1. The van der Waals surface area contributed by atoms with Crippen molar-refractivity contribution in [2.24, 2.45) is 0 Å². The number of fused-ring (bicyclic) bond motifs is 1. The molecule has 2 heteroatoms. The maximum absolute atomic E-state index is 5.57. The average Bonchev–Trinajstić information content (AvgIpc) is 2.26. The second-order valence-electron chi connectivity index (χ2n) is 3.55. The van der Waals surface area contributed by atoms with Crippen molar-refractivity contribution in [2.75, 3.05) is 12.5 Å². The normalized spacial score (nSPS) is 10.5. The maximum atomic E-state index is 5.57. The van der Waals surface area contributed by atoms with Gasteiger partial charge in [-0.15, -0.1) is 11.6 Å². The lowest BCUT2D eigenvalue weighted by Crippen LogP contribution is -1.97. The third-order valence-electron chi connectivity index (χ3n) is 2.31. The van der Waals surface area contributed by atoms with Gasteiger partial charge in [0.15, 0.2) is 0 Å². The summed E-state index contributed by atoms with van der Waals surface area (Å²) in [6.07, 6.45) is 0. The van der Waals surface area contributed by atoms with Crippen LogP contribution in [0.4, 0.5) is 0 Å². The minimum absolute atomic E-state index is 0.520. The molecule has 0 unspecified atom stereocenters. The summed E-state index contributed by atoms with van der Waals surface area (Å²) < 4.78 is 5.46. The molecule has 0 saturated heterocycles. The third-order valence-corrected chi connectivity index (χ3v) is 2.47.